The van der Waals surface area contributed by atoms with Gasteiger partial charge < -0.3 is 9.84 Å². The highest BCUT2D eigenvalue weighted by Crippen LogP contribution is 2.46. The van der Waals surface area contributed by atoms with E-state index >= 15 is 0 Å². The number of aliphatic hydroxyl groups is 1. The Bertz CT molecular complexity index is 672. The standard InChI is InChI=1S/C16H17BrN2O4/c1-3-23-15(22)16(9-18)13(8-14(21)19(16)10(2)20)11-5-4-6-12(17)7-11/h4-7,13-14,21H,3,8H2,1-2H3/t13-,14+,16+/m0/s1. The van der Waals surface area contributed by atoms with Gasteiger partial charge in [0.25, 0.3) is 0 Å². The van der Waals surface area contributed by atoms with E-state index in [0.29, 0.717) is 5.56 Å². The molecule has 1 aromatic rings. The first kappa shape index (κ1) is 17.4. The van der Waals surface area contributed by atoms with E-state index < -0.39 is 29.6 Å². The molecular formula is C16H17BrN2O4. The third kappa shape index (κ3) is 2.84. The van der Waals surface area contributed by atoms with Crippen LogP contribution in [0.1, 0.15) is 31.7 Å². The van der Waals surface area contributed by atoms with Crippen molar-refractivity contribution >= 4 is 27.8 Å². The topological polar surface area (TPSA) is 90.6 Å². The van der Waals surface area contributed by atoms with Crippen molar-refractivity contribution in [2.24, 2.45) is 0 Å². The molecule has 122 valence electrons. The molecule has 6 nitrogen and oxygen atoms in total. The van der Waals surface area contributed by atoms with Gasteiger partial charge in [0, 0.05) is 23.7 Å². The van der Waals surface area contributed by atoms with E-state index in [9.17, 15) is 20.0 Å². The van der Waals surface area contributed by atoms with Crippen molar-refractivity contribution in [3.05, 3.63) is 34.3 Å². The van der Waals surface area contributed by atoms with E-state index in [1.165, 1.54) is 6.92 Å². The molecule has 1 saturated heterocycles. The van der Waals surface area contributed by atoms with Gasteiger partial charge >= 0.3 is 5.97 Å². The maximum Gasteiger partial charge on any atom is 0.347 e. The number of likely N-dealkylation sites (tertiary alicyclic amines) is 1. The number of rotatable bonds is 3. The molecule has 23 heavy (non-hydrogen) atoms. The normalized spacial score (nSPS) is 26.7. The quantitative estimate of drug-likeness (QED) is 0.808. The molecule has 7 heteroatoms. The van der Waals surface area contributed by atoms with Crippen LogP contribution in [0, 0.1) is 11.3 Å². The van der Waals surface area contributed by atoms with E-state index in [1.807, 2.05) is 12.1 Å². The van der Waals surface area contributed by atoms with E-state index in [2.05, 4.69) is 15.9 Å². The zero-order valence-electron chi connectivity index (χ0n) is 12.8. The minimum absolute atomic E-state index is 0.0787. The monoisotopic (exact) mass is 380 g/mol. The van der Waals surface area contributed by atoms with Crippen molar-refractivity contribution in [3.63, 3.8) is 0 Å². The number of carbonyl (C=O) groups excluding carboxylic acids is 2. The summed E-state index contributed by atoms with van der Waals surface area (Å²) in [4.78, 5) is 25.5. The van der Waals surface area contributed by atoms with Crippen LogP contribution >= 0.6 is 15.9 Å². The summed E-state index contributed by atoms with van der Waals surface area (Å²) in [6, 6.07) is 9.07. The molecule has 3 atom stereocenters. The first-order chi connectivity index (χ1) is 10.9. The smallest absolute Gasteiger partial charge is 0.347 e. The number of nitrogens with zero attached hydrogens (tertiary/aromatic N) is 2. The predicted octanol–water partition coefficient (Wildman–Crippen LogP) is 1.93. The summed E-state index contributed by atoms with van der Waals surface area (Å²) in [6.07, 6.45) is -1.14. The molecule has 1 fully saturated rings. The summed E-state index contributed by atoms with van der Waals surface area (Å²) in [7, 11) is 0. The number of hydrogen-bond donors (Lipinski definition) is 1. The zero-order chi connectivity index (χ0) is 17.2. The number of ether oxygens (including phenoxy) is 1. The first-order valence-electron chi connectivity index (χ1n) is 7.20. The number of carbonyl (C=O) groups is 2. The van der Waals surface area contributed by atoms with Crippen LogP contribution in [0.4, 0.5) is 0 Å². The fourth-order valence-corrected chi connectivity index (χ4v) is 3.52. The maximum atomic E-state index is 12.6. The number of aliphatic hydroxyl groups excluding tert-OH is 1. The van der Waals surface area contributed by atoms with Gasteiger partial charge in [-0.3, -0.25) is 9.69 Å². The highest BCUT2D eigenvalue weighted by atomic mass is 79.9. The Balaban J connectivity index is 2.62. The Labute approximate surface area is 142 Å². The molecule has 0 aromatic heterocycles. The second kappa shape index (κ2) is 6.69. The Hall–Kier alpha value is -1.91. The van der Waals surface area contributed by atoms with Gasteiger partial charge in [-0.1, -0.05) is 28.1 Å². The molecule has 1 heterocycles. The van der Waals surface area contributed by atoms with Gasteiger partial charge in [-0.05, 0) is 24.6 Å². The number of hydrogen-bond acceptors (Lipinski definition) is 5. The van der Waals surface area contributed by atoms with E-state index in [1.54, 1.807) is 25.1 Å². The van der Waals surface area contributed by atoms with Gasteiger partial charge in [-0.15, -0.1) is 0 Å². The van der Waals surface area contributed by atoms with Crippen LogP contribution in [-0.4, -0.2) is 40.3 Å². The second-order valence-corrected chi connectivity index (χ2v) is 6.23. The molecule has 1 N–H and O–H groups in total. The molecule has 0 spiro atoms. The number of benzene rings is 1. The lowest BCUT2D eigenvalue weighted by Crippen LogP contribution is -2.57. The molecule has 0 unspecified atom stereocenters. The van der Waals surface area contributed by atoms with E-state index in [0.717, 1.165) is 9.37 Å². The molecule has 1 amide bonds. The minimum Gasteiger partial charge on any atom is -0.463 e. The van der Waals surface area contributed by atoms with Crippen LogP contribution in [0.5, 0.6) is 0 Å². The van der Waals surface area contributed by atoms with Crippen molar-refractivity contribution in [1.29, 1.82) is 5.26 Å². The fraction of sp³-hybridized carbons (Fsp3) is 0.438. The lowest BCUT2D eigenvalue weighted by atomic mass is 9.80. The molecule has 0 aliphatic carbocycles. The van der Waals surface area contributed by atoms with Gasteiger partial charge in [0.1, 0.15) is 12.3 Å². The Morgan fingerprint density at radius 2 is 2.26 bits per heavy atom. The molecule has 1 aromatic carbocycles. The third-order valence-electron chi connectivity index (χ3n) is 3.98. The van der Waals surface area contributed by atoms with Gasteiger partial charge in [-0.2, -0.15) is 5.26 Å². The Kier molecular flexibility index (Phi) is 5.07. The summed E-state index contributed by atoms with van der Waals surface area (Å²) >= 11 is 3.35. The van der Waals surface area contributed by atoms with E-state index in [-0.39, 0.29) is 13.0 Å². The second-order valence-electron chi connectivity index (χ2n) is 5.31. The molecule has 0 bridgehead atoms. The minimum atomic E-state index is -1.87. The number of amides is 1. The average molecular weight is 381 g/mol. The Morgan fingerprint density at radius 3 is 2.78 bits per heavy atom. The molecule has 1 aliphatic rings. The number of halogens is 1. The highest BCUT2D eigenvalue weighted by molar-refractivity contribution is 9.10. The van der Waals surface area contributed by atoms with Crippen molar-refractivity contribution in [3.8, 4) is 6.07 Å². The molecular weight excluding hydrogens is 364 g/mol. The summed E-state index contributed by atoms with van der Waals surface area (Å²) < 4.78 is 5.83. The average Bonchev–Trinajstić information content (AvgIpc) is 2.81. The van der Waals surface area contributed by atoms with Crippen molar-refractivity contribution in [1.82, 2.24) is 4.90 Å². The highest BCUT2D eigenvalue weighted by Gasteiger charge is 2.61. The number of esters is 1. The molecule has 0 saturated carbocycles. The zero-order valence-corrected chi connectivity index (χ0v) is 14.4. The SMILES string of the molecule is CCOC(=O)[C@@]1(C#N)[C@H](c2cccc(Br)c2)C[C@@H](O)N1C(C)=O. The summed E-state index contributed by atoms with van der Waals surface area (Å²) in [5.41, 5.74) is -1.20. The van der Waals surface area contributed by atoms with Crippen LogP contribution in [0.2, 0.25) is 0 Å². The van der Waals surface area contributed by atoms with Gasteiger partial charge in [0.15, 0.2) is 0 Å². The first-order valence-corrected chi connectivity index (χ1v) is 7.99. The fourth-order valence-electron chi connectivity index (χ4n) is 3.11. The van der Waals surface area contributed by atoms with E-state index in [4.69, 9.17) is 4.74 Å². The van der Waals surface area contributed by atoms with Crippen LogP contribution in [0.3, 0.4) is 0 Å². The van der Waals surface area contributed by atoms with Gasteiger partial charge in [-0.25, -0.2) is 4.79 Å². The van der Waals surface area contributed by atoms with Crippen LogP contribution < -0.4 is 0 Å². The van der Waals surface area contributed by atoms with Crippen molar-refractivity contribution in [2.75, 3.05) is 6.61 Å². The van der Waals surface area contributed by atoms with Crippen molar-refractivity contribution in [2.45, 2.75) is 38.0 Å². The predicted molar refractivity (Wildman–Crippen MR) is 85.0 cm³/mol. The van der Waals surface area contributed by atoms with Crippen LogP contribution in [-0.2, 0) is 14.3 Å². The van der Waals surface area contributed by atoms with Crippen LogP contribution in [0.15, 0.2) is 28.7 Å². The van der Waals surface area contributed by atoms with Gasteiger partial charge in [0.2, 0.25) is 11.4 Å². The molecule has 1 aliphatic heterocycles. The van der Waals surface area contributed by atoms with Crippen molar-refractivity contribution < 1.29 is 19.4 Å². The summed E-state index contributed by atoms with van der Waals surface area (Å²) in [5.74, 6) is -2.05. The Morgan fingerprint density at radius 1 is 1.57 bits per heavy atom. The summed E-state index contributed by atoms with van der Waals surface area (Å²) in [5, 5.41) is 20.1. The molecule has 0 radical (unpaired) electrons. The summed E-state index contributed by atoms with van der Waals surface area (Å²) in [6.45, 7) is 2.92. The third-order valence-corrected chi connectivity index (χ3v) is 4.47. The van der Waals surface area contributed by atoms with Gasteiger partial charge in [0.05, 0.1) is 6.61 Å². The maximum absolute atomic E-state index is 12.6. The lowest BCUT2D eigenvalue weighted by Gasteiger charge is -2.34. The largest absolute Gasteiger partial charge is 0.463 e. The van der Waals surface area contributed by atoms with Crippen LogP contribution in [0.25, 0.3) is 0 Å². The lowest BCUT2D eigenvalue weighted by molar-refractivity contribution is -0.163. The molecule has 2 rings (SSSR count). The number of nitriles is 1.